The van der Waals surface area contributed by atoms with Crippen LogP contribution >= 0.6 is 0 Å². The van der Waals surface area contributed by atoms with Gasteiger partial charge in [0.1, 0.15) is 6.04 Å². The van der Waals surface area contributed by atoms with Crippen LogP contribution in [0.15, 0.2) is 0 Å². The maximum atomic E-state index is 12.0. The van der Waals surface area contributed by atoms with Gasteiger partial charge in [-0.2, -0.15) is 0 Å². The molecule has 4 heteroatoms. The summed E-state index contributed by atoms with van der Waals surface area (Å²) in [5.41, 5.74) is -0.467. The van der Waals surface area contributed by atoms with Gasteiger partial charge in [0.2, 0.25) is 5.91 Å². The minimum atomic E-state index is -0.957. The van der Waals surface area contributed by atoms with Gasteiger partial charge in [0.05, 0.1) is 0 Å². The first kappa shape index (κ1) is 16.0. The van der Waals surface area contributed by atoms with Crippen LogP contribution < -0.4 is 5.32 Å². The third-order valence-corrected chi connectivity index (χ3v) is 3.87. The first-order valence-electron chi connectivity index (χ1n) is 7.33. The fraction of sp³-hybridized carbons (Fsp3) is 0.867. The third-order valence-electron chi connectivity index (χ3n) is 3.87. The summed E-state index contributed by atoms with van der Waals surface area (Å²) in [6.45, 7) is 5.49. The molecule has 0 aromatic carbocycles. The predicted octanol–water partition coefficient (Wildman–Crippen LogP) is 2.96. The normalized spacial score (nSPS) is 19.5. The van der Waals surface area contributed by atoms with Crippen molar-refractivity contribution >= 4 is 11.9 Å². The van der Waals surface area contributed by atoms with Gasteiger partial charge in [-0.1, -0.05) is 46.5 Å². The van der Waals surface area contributed by atoms with E-state index in [1.807, 2.05) is 20.8 Å². The number of hydrogen-bond acceptors (Lipinski definition) is 2. The average molecular weight is 269 g/mol. The second-order valence-corrected chi connectivity index (χ2v) is 6.77. The number of carboxylic acid groups (broad SMARTS) is 1. The Morgan fingerprint density at radius 3 is 2.11 bits per heavy atom. The van der Waals surface area contributed by atoms with E-state index in [2.05, 4.69) is 5.32 Å². The van der Waals surface area contributed by atoms with E-state index in [0.717, 1.165) is 12.8 Å². The summed E-state index contributed by atoms with van der Waals surface area (Å²) in [6, 6.07) is -0.814. The Kier molecular flexibility index (Phi) is 5.83. The van der Waals surface area contributed by atoms with Crippen LogP contribution in [0.2, 0.25) is 0 Å². The first-order chi connectivity index (χ1) is 8.80. The Bertz CT molecular complexity index is 312. The van der Waals surface area contributed by atoms with Crippen LogP contribution in [-0.2, 0) is 9.59 Å². The van der Waals surface area contributed by atoms with Crippen molar-refractivity contribution in [3.63, 3.8) is 0 Å². The van der Waals surface area contributed by atoms with Crippen molar-refractivity contribution in [2.24, 2.45) is 11.3 Å². The molecule has 0 aromatic rings. The first-order valence-corrected chi connectivity index (χ1v) is 7.33. The number of amides is 1. The van der Waals surface area contributed by atoms with Gasteiger partial charge in [0.15, 0.2) is 0 Å². The molecule has 0 heterocycles. The fourth-order valence-corrected chi connectivity index (χ4v) is 2.70. The topological polar surface area (TPSA) is 66.4 Å². The lowest BCUT2D eigenvalue weighted by molar-refractivity contribution is -0.145. The molecule has 1 saturated carbocycles. The minimum Gasteiger partial charge on any atom is -0.480 e. The largest absolute Gasteiger partial charge is 0.480 e. The molecule has 110 valence electrons. The predicted molar refractivity (Wildman–Crippen MR) is 74.8 cm³/mol. The summed E-state index contributed by atoms with van der Waals surface area (Å²) in [5, 5.41) is 11.9. The molecule has 0 spiro atoms. The summed E-state index contributed by atoms with van der Waals surface area (Å²) in [6.07, 6.45) is 7.58. The molecule has 1 rings (SSSR count). The van der Waals surface area contributed by atoms with Crippen LogP contribution in [0.25, 0.3) is 0 Å². The van der Waals surface area contributed by atoms with Gasteiger partial charge in [0, 0.05) is 6.42 Å². The highest BCUT2D eigenvalue weighted by molar-refractivity contribution is 5.84. The number of carboxylic acids is 1. The Morgan fingerprint density at radius 1 is 1.16 bits per heavy atom. The molecule has 19 heavy (non-hydrogen) atoms. The Labute approximate surface area is 116 Å². The molecule has 1 aliphatic rings. The number of rotatable bonds is 4. The van der Waals surface area contributed by atoms with Gasteiger partial charge in [-0.05, 0) is 24.2 Å². The molecule has 2 N–H and O–H groups in total. The van der Waals surface area contributed by atoms with Crippen molar-refractivity contribution in [3.05, 3.63) is 0 Å². The summed E-state index contributed by atoms with van der Waals surface area (Å²) >= 11 is 0. The van der Waals surface area contributed by atoms with Crippen molar-refractivity contribution in [1.82, 2.24) is 5.32 Å². The lowest BCUT2D eigenvalue weighted by atomic mass is 9.86. The SMILES string of the molecule is CC(C)(C)[C@H](NC(=O)CC1CCCCCC1)C(=O)O. The quantitative estimate of drug-likeness (QED) is 0.771. The van der Waals surface area contributed by atoms with Crippen LogP contribution in [0.3, 0.4) is 0 Å². The van der Waals surface area contributed by atoms with Gasteiger partial charge in [-0.3, -0.25) is 4.79 Å². The van der Waals surface area contributed by atoms with Crippen molar-refractivity contribution in [1.29, 1.82) is 0 Å². The Morgan fingerprint density at radius 2 is 1.68 bits per heavy atom. The molecule has 0 radical (unpaired) electrons. The van der Waals surface area contributed by atoms with Gasteiger partial charge >= 0.3 is 5.97 Å². The number of carbonyl (C=O) groups is 2. The molecule has 0 unspecified atom stereocenters. The molecule has 4 nitrogen and oxygen atoms in total. The minimum absolute atomic E-state index is 0.116. The highest BCUT2D eigenvalue weighted by atomic mass is 16.4. The molecule has 0 aromatic heterocycles. The number of carbonyl (C=O) groups excluding carboxylic acids is 1. The smallest absolute Gasteiger partial charge is 0.326 e. The third kappa shape index (κ3) is 5.62. The van der Waals surface area contributed by atoms with E-state index < -0.39 is 17.4 Å². The molecule has 1 atom stereocenters. The monoisotopic (exact) mass is 269 g/mol. The molecule has 1 aliphatic carbocycles. The van der Waals surface area contributed by atoms with Crippen LogP contribution in [-0.4, -0.2) is 23.0 Å². The molecular weight excluding hydrogens is 242 g/mol. The number of nitrogens with one attached hydrogen (secondary N) is 1. The molecular formula is C15H27NO3. The van der Waals surface area contributed by atoms with Crippen molar-refractivity contribution in [2.45, 2.75) is 71.8 Å². The van der Waals surface area contributed by atoms with Crippen LogP contribution in [0, 0.1) is 11.3 Å². The highest BCUT2D eigenvalue weighted by Gasteiger charge is 2.32. The van der Waals surface area contributed by atoms with Crippen LogP contribution in [0.4, 0.5) is 0 Å². The van der Waals surface area contributed by atoms with E-state index in [1.54, 1.807) is 0 Å². The molecule has 0 bridgehead atoms. The lowest BCUT2D eigenvalue weighted by Crippen LogP contribution is -2.49. The van der Waals surface area contributed by atoms with Crippen molar-refractivity contribution in [3.8, 4) is 0 Å². The Hall–Kier alpha value is -1.06. The van der Waals surface area contributed by atoms with Crippen LogP contribution in [0.5, 0.6) is 0 Å². The molecule has 1 amide bonds. The average Bonchev–Trinajstić information content (AvgIpc) is 2.52. The Balaban J connectivity index is 2.50. The van der Waals surface area contributed by atoms with Gasteiger partial charge in [-0.25, -0.2) is 4.79 Å². The van der Waals surface area contributed by atoms with Gasteiger partial charge < -0.3 is 10.4 Å². The van der Waals surface area contributed by atoms with E-state index >= 15 is 0 Å². The van der Waals surface area contributed by atoms with Crippen molar-refractivity contribution < 1.29 is 14.7 Å². The van der Waals surface area contributed by atoms with E-state index in [-0.39, 0.29) is 5.91 Å². The zero-order chi connectivity index (χ0) is 14.5. The summed E-state index contributed by atoms with van der Waals surface area (Å²) in [4.78, 5) is 23.2. The van der Waals surface area contributed by atoms with Crippen LogP contribution in [0.1, 0.15) is 65.7 Å². The number of aliphatic carboxylic acids is 1. The fourth-order valence-electron chi connectivity index (χ4n) is 2.70. The summed E-state index contributed by atoms with van der Waals surface area (Å²) < 4.78 is 0. The highest BCUT2D eigenvalue weighted by Crippen LogP contribution is 2.26. The van der Waals surface area contributed by atoms with Crippen molar-refractivity contribution in [2.75, 3.05) is 0 Å². The standard InChI is InChI=1S/C15H27NO3/c1-15(2,3)13(14(18)19)16-12(17)10-11-8-6-4-5-7-9-11/h11,13H,4-10H2,1-3H3,(H,16,17)(H,18,19)/t13-/m1/s1. The van der Waals surface area contributed by atoms with E-state index in [4.69, 9.17) is 0 Å². The maximum Gasteiger partial charge on any atom is 0.326 e. The van der Waals surface area contributed by atoms with E-state index in [0.29, 0.717) is 12.3 Å². The molecule has 1 fully saturated rings. The van der Waals surface area contributed by atoms with Gasteiger partial charge in [-0.15, -0.1) is 0 Å². The summed E-state index contributed by atoms with van der Waals surface area (Å²) in [5.74, 6) is -0.646. The van der Waals surface area contributed by atoms with E-state index in [9.17, 15) is 14.7 Å². The zero-order valence-electron chi connectivity index (χ0n) is 12.4. The molecule has 0 saturated heterocycles. The molecule has 0 aliphatic heterocycles. The zero-order valence-corrected chi connectivity index (χ0v) is 12.4. The number of hydrogen-bond donors (Lipinski definition) is 2. The summed E-state index contributed by atoms with van der Waals surface area (Å²) in [7, 11) is 0. The second kappa shape index (κ2) is 6.92. The van der Waals surface area contributed by atoms with Gasteiger partial charge in [0.25, 0.3) is 0 Å². The second-order valence-electron chi connectivity index (χ2n) is 6.77. The maximum absolute atomic E-state index is 12.0. The lowest BCUT2D eigenvalue weighted by Gasteiger charge is -2.28. The van der Waals surface area contributed by atoms with E-state index in [1.165, 1.54) is 25.7 Å².